The minimum absolute atomic E-state index is 0.0648. The van der Waals surface area contributed by atoms with Gasteiger partial charge in [0.1, 0.15) is 6.61 Å². The molecule has 0 bridgehead atoms. The Morgan fingerprint density at radius 2 is 2.11 bits per heavy atom. The van der Waals surface area contributed by atoms with Crippen molar-refractivity contribution in [1.29, 1.82) is 0 Å². The molecule has 0 aromatic carbocycles. The molecule has 19 heavy (non-hydrogen) atoms. The Kier molecular flexibility index (Phi) is 5.90. The van der Waals surface area contributed by atoms with Crippen molar-refractivity contribution in [3.05, 3.63) is 17.0 Å². The zero-order valence-corrected chi connectivity index (χ0v) is 11.0. The predicted molar refractivity (Wildman–Crippen MR) is 63.2 cm³/mol. The predicted octanol–water partition coefficient (Wildman–Crippen LogP) is -0.431. The van der Waals surface area contributed by atoms with Crippen LogP contribution in [0.2, 0.25) is 0 Å². The van der Waals surface area contributed by atoms with Crippen molar-refractivity contribution in [3.8, 4) is 0 Å². The number of aliphatic hydroxyl groups is 2. The molecule has 1 unspecified atom stereocenters. The van der Waals surface area contributed by atoms with Crippen molar-refractivity contribution in [2.45, 2.75) is 25.9 Å². The van der Waals surface area contributed by atoms with Crippen LogP contribution in [0, 0.1) is 0 Å². The number of hydrogen-bond donors (Lipinski definition) is 3. The first kappa shape index (κ1) is 15.6. The summed E-state index contributed by atoms with van der Waals surface area (Å²) < 4.78 is 14.6. The molecular formula is C11H18N2O6. The summed E-state index contributed by atoms with van der Waals surface area (Å²) in [6, 6.07) is 0. The molecule has 0 fully saturated rings. The van der Waals surface area contributed by atoms with Crippen LogP contribution in [0.1, 0.15) is 34.8 Å². The number of ether oxygens (including phenoxy) is 2. The number of aliphatic hydroxyl groups excluding tert-OH is 2. The van der Waals surface area contributed by atoms with Gasteiger partial charge < -0.3 is 29.5 Å². The van der Waals surface area contributed by atoms with E-state index in [2.05, 4.69) is 10.5 Å². The second-order valence-corrected chi connectivity index (χ2v) is 3.81. The van der Waals surface area contributed by atoms with Crippen molar-refractivity contribution in [3.63, 3.8) is 0 Å². The second kappa shape index (κ2) is 7.19. The van der Waals surface area contributed by atoms with E-state index in [0.29, 0.717) is 0 Å². The van der Waals surface area contributed by atoms with E-state index in [1.807, 2.05) is 0 Å². The van der Waals surface area contributed by atoms with Crippen LogP contribution in [0.15, 0.2) is 4.52 Å². The lowest BCUT2D eigenvalue weighted by molar-refractivity contribution is -0.0974. The molecule has 0 radical (unpaired) electrons. The normalized spacial score (nSPS) is 12.7. The first-order valence-electron chi connectivity index (χ1n) is 5.66. The SMILES string of the molecule is COC(CNC(=O)c1noc(CO)c1C(C)O)OC. The van der Waals surface area contributed by atoms with E-state index in [4.69, 9.17) is 19.1 Å². The fourth-order valence-corrected chi connectivity index (χ4v) is 1.56. The molecule has 0 saturated heterocycles. The van der Waals surface area contributed by atoms with Crippen LogP contribution < -0.4 is 5.32 Å². The molecule has 0 aliphatic carbocycles. The Balaban J connectivity index is 2.79. The Bertz CT molecular complexity index is 413. The lowest BCUT2D eigenvalue weighted by Gasteiger charge is -2.13. The van der Waals surface area contributed by atoms with Gasteiger partial charge in [0, 0.05) is 14.2 Å². The van der Waals surface area contributed by atoms with Gasteiger partial charge in [0.15, 0.2) is 17.7 Å². The molecule has 8 nitrogen and oxygen atoms in total. The molecule has 1 heterocycles. The van der Waals surface area contributed by atoms with Crippen molar-refractivity contribution in [2.75, 3.05) is 20.8 Å². The summed E-state index contributed by atoms with van der Waals surface area (Å²) >= 11 is 0. The molecule has 1 aromatic heterocycles. The van der Waals surface area contributed by atoms with E-state index in [9.17, 15) is 9.90 Å². The van der Waals surface area contributed by atoms with Crippen molar-refractivity contribution < 1.29 is 29.0 Å². The van der Waals surface area contributed by atoms with Crippen LogP contribution in [-0.4, -0.2) is 48.3 Å². The number of nitrogens with zero attached hydrogens (tertiary/aromatic N) is 1. The minimum atomic E-state index is -0.977. The average Bonchev–Trinajstić information content (AvgIpc) is 2.83. The zero-order valence-electron chi connectivity index (χ0n) is 11.0. The Morgan fingerprint density at radius 1 is 1.47 bits per heavy atom. The second-order valence-electron chi connectivity index (χ2n) is 3.81. The maximum absolute atomic E-state index is 11.9. The minimum Gasteiger partial charge on any atom is -0.388 e. The number of aromatic nitrogens is 1. The quantitative estimate of drug-likeness (QED) is 0.578. The van der Waals surface area contributed by atoms with Crippen LogP contribution in [0.4, 0.5) is 0 Å². The molecule has 3 N–H and O–H groups in total. The summed E-state index contributed by atoms with van der Waals surface area (Å²) in [5.74, 6) is -0.478. The topological polar surface area (TPSA) is 114 Å². The highest BCUT2D eigenvalue weighted by molar-refractivity contribution is 5.93. The van der Waals surface area contributed by atoms with E-state index in [-0.39, 0.29) is 23.6 Å². The zero-order chi connectivity index (χ0) is 14.4. The molecule has 8 heteroatoms. The number of amides is 1. The summed E-state index contributed by atoms with van der Waals surface area (Å²) in [6.07, 6.45) is -1.56. The number of rotatable bonds is 7. The smallest absolute Gasteiger partial charge is 0.274 e. The highest BCUT2D eigenvalue weighted by Gasteiger charge is 2.25. The van der Waals surface area contributed by atoms with Gasteiger partial charge in [-0.1, -0.05) is 5.16 Å². The summed E-state index contributed by atoms with van der Waals surface area (Å²) in [5, 5.41) is 24.7. The molecule has 1 atom stereocenters. The number of nitrogens with one attached hydrogen (secondary N) is 1. The lowest BCUT2D eigenvalue weighted by Crippen LogP contribution is -2.34. The van der Waals surface area contributed by atoms with Gasteiger partial charge in [-0.25, -0.2) is 0 Å². The standard InChI is InChI=1S/C11H18N2O6/c1-6(15)9-7(5-14)19-13-10(9)11(16)12-4-8(17-2)18-3/h6,8,14-15H,4-5H2,1-3H3,(H,12,16). The Hall–Kier alpha value is -1.48. The van der Waals surface area contributed by atoms with E-state index in [1.165, 1.54) is 21.1 Å². The first-order valence-corrected chi connectivity index (χ1v) is 5.66. The maximum Gasteiger partial charge on any atom is 0.274 e. The van der Waals surface area contributed by atoms with Gasteiger partial charge in [0.2, 0.25) is 0 Å². The van der Waals surface area contributed by atoms with E-state index >= 15 is 0 Å². The third-order valence-electron chi connectivity index (χ3n) is 2.53. The summed E-state index contributed by atoms with van der Waals surface area (Å²) in [5.41, 5.74) is 0.108. The molecule has 108 valence electrons. The highest BCUT2D eigenvalue weighted by Crippen LogP contribution is 2.22. The molecule has 0 saturated carbocycles. The molecule has 0 aliphatic heterocycles. The van der Waals surface area contributed by atoms with E-state index in [0.717, 1.165) is 0 Å². The molecule has 1 rings (SSSR count). The monoisotopic (exact) mass is 274 g/mol. The van der Waals surface area contributed by atoms with Gasteiger partial charge in [-0.3, -0.25) is 4.79 Å². The summed E-state index contributed by atoms with van der Waals surface area (Å²) in [4.78, 5) is 11.9. The third kappa shape index (κ3) is 3.74. The molecule has 1 amide bonds. The van der Waals surface area contributed by atoms with Gasteiger partial charge in [-0.2, -0.15) is 0 Å². The van der Waals surface area contributed by atoms with Gasteiger partial charge in [-0.15, -0.1) is 0 Å². The van der Waals surface area contributed by atoms with Crippen LogP contribution in [0.3, 0.4) is 0 Å². The van der Waals surface area contributed by atoms with Crippen LogP contribution in [-0.2, 0) is 16.1 Å². The number of carbonyl (C=O) groups is 1. The molecular weight excluding hydrogens is 256 g/mol. The molecule has 1 aromatic rings. The first-order chi connectivity index (χ1) is 9.04. The number of methoxy groups -OCH3 is 2. The fraction of sp³-hybridized carbons (Fsp3) is 0.636. The van der Waals surface area contributed by atoms with Crippen LogP contribution in [0.25, 0.3) is 0 Å². The Labute approximate surface area is 110 Å². The van der Waals surface area contributed by atoms with Crippen molar-refractivity contribution >= 4 is 5.91 Å². The van der Waals surface area contributed by atoms with Crippen LogP contribution >= 0.6 is 0 Å². The van der Waals surface area contributed by atoms with Gasteiger partial charge >= 0.3 is 0 Å². The molecule has 0 aliphatic rings. The van der Waals surface area contributed by atoms with Gasteiger partial charge in [0.05, 0.1) is 18.2 Å². The van der Waals surface area contributed by atoms with Crippen molar-refractivity contribution in [2.24, 2.45) is 0 Å². The summed E-state index contributed by atoms with van der Waals surface area (Å²) in [7, 11) is 2.89. The molecule has 0 spiro atoms. The van der Waals surface area contributed by atoms with Crippen molar-refractivity contribution in [1.82, 2.24) is 10.5 Å². The number of carbonyl (C=O) groups excluding carboxylic acids is 1. The van der Waals surface area contributed by atoms with Gasteiger partial charge in [-0.05, 0) is 6.92 Å². The fourth-order valence-electron chi connectivity index (χ4n) is 1.56. The lowest BCUT2D eigenvalue weighted by atomic mass is 10.1. The van der Waals surface area contributed by atoms with Crippen LogP contribution in [0.5, 0.6) is 0 Å². The maximum atomic E-state index is 11.9. The largest absolute Gasteiger partial charge is 0.388 e. The number of hydrogen-bond acceptors (Lipinski definition) is 7. The van der Waals surface area contributed by atoms with E-state index in [1.54, 1.807) is 0 Å². The van der Waals surface area contributed by atoms with Gasteiger partial charge in [0.25, 0.3) is 5.91 Å². The third-order valence-corrected chi connectivity index (χ3v) is 2.53. The average molecular weight is 274 g/mol. The summed E-state index contributed by atoms with van der Waals surface area (Å²) in [6.45, 7) is 1.13. The Morgan fingerprint density at radius 3 is 2.58 bits per heavy atom. The van der Waals surface area contributed by atoms with E-state index < -0.39 is 24.9 Å². The highest BCUT2D eigenvalue weighted by atomic mass is 16.7.